The van der Waals surface area contributed by atoms with Crippen LogP contribution < -0.4 is 10.6 Å². The van der Waals surface area contributed by atoms with Crippen molar-refractivity contribution in [3.8, 4) is 0 Å². The summed E-state index contributed by atoms with van der Waals surface area (Å²) in [5.74, 6) is 0.286. The van der Waals surface area contributed by atoms with Crippen LogP contribution in [0.25, 0.3) is 0 Å². The normalized spacial score (nSPS) is 17.0. The molecule has 1 aromatic rings. The van der Waals surface area contributed by atoms with E-state index in [-0.39, 0.29) is 11.8 Å². The first-order chi connectivity index (χ1) is 11.9. The van der Waals surface area contributed by atoms with Gasteiger partial charge in [-0.05, 0) is 43.5 Å². The molecule has 0 aliphatic carbocycles. The van der Waals surface area contributed by atoms with Crippen molar-refractivity contribution in [1.82, 2.24) is 14.9 Å². The molecule has 2 N–H and O–H groups in total. The highest BCUT2D eigenvalue weighted by molar-refractivity contribution is 7.89. The van der Waals surface area contributed by atoms with E-state index in [1.54, 1.807) is 12.1 Å². The van der Waals surface area contributed by atoms with E-state index in [4.69, 9.17) is 0 Å². The van der Waals surface area contributed by atoms with Crippen LogP contribution in [0.15, 0.2) is 29.2 Å². The first-order valence-electron chi connectivity index (χ1n) is 8.88. The Morgan fingerprint density at radius 3 is 2.28 bits per heavy atom. The highest BCUT2D eigenvalue weighted by Gasteiger charge is 2.31. The Bertz CT molecular complexity index is 663. The van der Waals surface area contributed by atoms with Gasteiger partial charge in [0.15, 0.2) is 0 Å². The van der Waals surface area contributed by atoms with Crippen molar-refractivity contribution >= 4 is 15.9 Å². The second kappa shape index (κ2) is 8.78. The lowest BCUT2D eigenvalue weighted by molar-refractivity contribution is -0.126. The largest absolute Gasteiger partial charge is 0.355 e. The SMILES string of the molecule is CNCCNC(=O)C1CCN(S(=O)(=O)c2ccc(C(C)C)cc2)CC1. The molecular formula is C18H29N3O3S. The summed E-state index contributed by atoms with van der Waals surface area (Å²) in [6.45, 7) is 6.25. The predicted molar refractivity (Wildman–Crippen MR) is 99.0 cm³/mol. The van der Waals surface area contributed by atoms with Crippen molar-refractivity contribution in [2.75, 3.05) is 33.2 Å². The van der Waals surface area contributed by atoms with Gasteiger partial charge in [-0.15, -0.1) is 0 Å². The van der Waals surface area contributed by atoms with E-state index in [1.165, 1.54) is 4.31 Å². The second-order valence-electron chi connectivity index (χ2n) is 6.80. The Morgan fingerprint density at radius 1 is 1.16 bits per heavy atom. The summed E-state index contributed by atoms with van der Waals surface area (Å²) < 4.78 is 27.0. The number of benzene rings is 1. The molecule has 0 saturated carbocycles. The van der Waals surface area contributed by atoms with E-state index < -0.39 is 10.0 Å². The van der Waals surface area contributed by atoms with Gasteiger partial charge in [-0.25, -0.2) is 8.42 Å². The maximum Gasteiger partial charge on any atom is 0.243 e. The molecule has 1 aromatic carbocycles. The maximum atomic E-state index is 12.8. The Balaban J connectivity index is 1.95. The third-order valence-corrected chi connectivity index (χ3v) is 6.60. The predicted octanol–water partition coefficient (Wildman–Crippen LogP) is 1.55. The summed E-state index contributed by atoms with van der Waals surface area (Å²) in [4.78, 5) is 12.4. The van der Waals surface area contributed by atoms with E-state index in [1.807, 2.05) is 19.2 Å². The zero-order valence-electron chi connectivity index (χ0n) is 15.3. The van der Waals surface area contributed by atoms with E-state index in [9.17, 15) is 13.2 Å². The molecule has 1 fully saturated rings. The summed E-state index contributed by atoms with van der Waals surface area (Å²) in [6.07, 6.45) is 1.13. The second-order valence-corrected chi connectivity index (χ2v) is 8.73. The van der Waals surface area contributed by atoms with Crippen LogP contribution in [0.3, 0.4) is 0 Å². The molecule has 0 spiro atoms. The van der Waals surface area contributed by atoms with Crippen LogP contribution in [0.2, 0.25) is 0 Å². The minimum absolute atomic E-state index is 0.0218. The number of amides is 1. The third-order valence-electron chi connectivity index (χ3n) is 4.68. The number of carbonyl (C=O) groups is 1. The number of carbonyl (C=O) groups excluding carboxylic acids is 1. The van der Waals surface area contributed by atoms with Crippen LogP contribution in [0, 0.1) is 5.92 Å². The van der Waals surface area contributed by atoms with Crippen molar-refractivity contribution in [3.63, 3.8) is 0 Å². The average Bonchev–Trinajstić information content (AvgIpc) is 2.62. The van der Waals surface area contributed by atoms with E-state index in [0.29, 0.717) is 43.3 Å². The lowest BCUT2D eigenvalue weighted by Crippen LogP contribution is -2.43. The van der Waals surface area contributed by atoms with Crippen LogP contribution in [0.5, 0.6) is 0 Å². The number of hydrogen-bond donors (Lipinski definition) is 2. The van der Waals surface area contributed by atoms with Crippen LogP contribution in [-0.2, 0) is 14.8 Å². The van der Waals surface area contributed by atoms with Gasteiger partial charge >= 0.3 is 0 Å². The van der Waals surface area contributed by atoms with Crippen molar-refractivity contribution in [2.24, 2.45) is 5.92 Å². The zero-order chi connectivity index (χ0) is 18.4. The highest BCUT2D eigenvalue weighted by Crippen LogP contribution is 2.25. The lowest BCUT2D eigenvalue weighted by atomic mass is 9.97. The van der Waals surface area contributed by atoms with E-state index >= 15 is 0 Å². The smallest absolute Gasteiger partial charge is 0.243 e. The molecule has 1 saturated heterocycles. The monoisotopic (exact) mass is 367 g/mol. The number of rotatable bonds is 7. The molecule has 2 rings (SSSR count). The summed E-state index contributed by atoms with van der Waals surface area (Å²) in [7, 11) is -1.65. The molecule has 0 unspecified atom stereocenters. The molecule has 1 aliphatic rings. The molecule has 25 heavy (non-hydrogen) atoms. The van der Waals surface area contributed by atoms with E-state index in [0.717, 1.165) is 12.1 Å². The fourth-order valence-corrected chi connectivity index (χ4v) is 4.46. The van der Waals surface area contributed by atoms with Crippen LogP contribution in [0.4, 0.5) is 0 Å². The van der Waals surface area contributed by atoms with Gasteiger partial charge in [0.1, 0.15) is 0 Å². The highest BCUT2D eigenvalue weighted by atomic mass is 32.2. The van der Waals surface area contributed by atoms with Crippen LogP contribution in [0.1, 0.15) is 38.2 Å². The van der Waals surface area contributed by atoms with Crippen molar-refractivity contribution in [1.29, 1.82) is 0 Å². The molecule has 0 radical (unpaired) electrons. The minimum Gasteiger partial charge on any atom is -0.355 e. The summed E-state index contributed by atoms with van der Waals surface area (Å²) in [5.41, 5.74) is 1.12. The van der Waals surface area contributed by atoms with Gasteiger partial charge in [0.25, 0.3) is 0 Å². The quantitative estimate of drug-likeness (QED) is 0.717. The molecule has 0 atom stereocenters. The topological polar surface area (TPSA) is 78.5 Å². The van der Waals surface area contributed by atoms with Gasteiger partial charge in [-0.2, -0.15) is 4.31 Å². The minimum atomic E-state index is -3.48. The van der Waals surface area contributed by atoms with Gasteiger partial charge in [-0.3, -0.25) is 4.79 Å². The third kappa shape index (κ3) is 5.03. The molecule has 0 bridgehead atoms. The van der Waals surface area contributed by atoms with Crippen molar-refractivity contribution in [2.45, 2.75) is 37.5 Å². The molecular weight excluding hydrogens is 338 g/mol. The number of hydrogen-bond acceptors (Lipinski definition) is 4. The number of likely N-dealkylation sites (N-methyl/N-ethyl adjacent to an activating group) is 1. The number of nitrogens with zero attached hydrogens (tertiary/aromatic N) is 1. The molecule has 6 nitrogen and oxygen atoms in total. The van der Waals surface area contributed by atoms with E-state index in [2.05, 4.69) is 24.5 Å². The standard InChI is InChI=1S/C18H29N3O3S/c1-14(2)15-4-6-17(7-5-15)25(23,24)21-12-8-16(9-13-21)18(22)20-11-10-19-3/h4-7,14,16,19H,8-13H2,1-3H3,(H,20,22). The molecule has 0 aromatic heterocycles. The fraction of sp³-hybridized carbons (Fsp3) is 0.611. The van der Waals surface area contributed by atoms with Crippen LogP contribution in [-0.4, -0.2) is 51.9 Å². The Hall–Kier alpha value is -1.44. The van der Waals surface area contributed by atoms with Gasteiger partial charge in [0.2, 0.25) is 15.9 Å². The summed E-state index contributed by atoms with van der Waals surface area (Å²) in [5, 5.41) is 5.87. The zero-order valence-corrected chi connectivity index (χ0v) is 16.1. The summed E-state index contributed by atoms with van der Waals surface area (Å²) in [6, 6.07) is 7.11. The maximum absolute atomic E-state index is 12.8. The molecule has 1 amide bonds. The lowest BCUT2D eigenvalue weighted by Gasteiger charge is -2.30. The van der Waals surface area contributed by atoms with Gasteiger partial charge in [0.05, 0.1) is 4.90 Å². The van der Waals surface area contributed by atoms with Gasteiger partial charge in [-0.1, -0.05) is 26.0 Å². The van der Waals surface area contributed by atoms with Crippen LogP contribution >= 0.6 is 0 Å². The Labute approximate surface area is 151 Å². The molecule has 1 heterocycles. The Kier molecular flexibility index (Phi) is 6.98. The number of nitrogens with one attached hydrogen (secondary N) is 2. The summed E-state index contributed by atoms with van der Waals surface area (Å²) >= 11 is 0. The number of piperidine rings is 1. The first kappa shape index (κ1) is 19.9. The van der Waals surface area contributed by atoms with Gasteiger partial charge in [0, 0.05) is 32.1 Å². The fourth-order valence-electron chi connectivity index (χ4n) is 2.99. The number of sulfonamides is 1. The van der Waals surface area contributed by atoms with Gasteiger partial charge < -0.3 is 10.6 Å². The molecule has 140 valence electrons. The Morgan fingerprint density at radius 2 is 1.76 bits per heavy atom. The van der Waals surface area contributed by atoms with Crippen molar-refractivity contribution in [3.05, 3.63) is 29.8 Å². The average molecular weight is 368 g/mol. The van der Waals surface area contributed by atoms with Crippen molar-refractivity contribution < 1.29 is 13.2 Å². The molecule has 7 heteroatoms. The first-order valence-corrected chi connectivity index (χ1v) is 10.3. The molecule has 1 aliphatic heterocycles.